The second-order valence-electron chi connectivity index (χ2n) is 3.29. The summed E-state index contributed by atoms with van der Waals surface area (Å²) >= 11 is 0. The van der Waals surface area contributed by atoms with Crippen LogP contribution in [0.4, 0.5) is 0 Å². The van der Waals surface area contributed by atoms with Crippen LogP contribution in [-0.2, 0) is 9.53 Å². The van der Waals surface area contributed by atoms with Gasteiger partial charge in [-0.15, -0.1) is 0 Å². The Balaban J connectivity index is 0.000000223. The minimum absolute atomic E-state index is 0.0880. The molecule has 0 aliphatic rings. The van der Waals surface area contributed by atoms with Crippen molar-refractivity contribution in [2.24, 2.45) is 0 Å². The zero-order valence-corrected chi connectivity index (χ0v) is 7.96. The van der Waals surface area contributed by atoms with Gasteiger partial charge in [-0.05, 0) is 20.8 Å². The number of H-pyrrole nitrogens is 2. The van der Waals surface area contributed by atoms with Gasteiger partial charge in [0.05, 0.1) is 0 Å². The van der Waals surface area contributed by atoms with Gasteiger partial charge in [-0.25, -0.2) is 0 Å². The first kappa shape index (κ1) is 11.5. The van der Waals surface area contributed by atoms with Crippen LogP contribution in [-0.4, -0.2) is 22.3 Å². The molecule has 0 spiro atoms. The van der Waals surface area contributed by atoms with Crippen LogP contribution < -0.4 is 5.56 Å². The standard InChI is InChI=1S/C5H10O2.C3H4N2O/c1-5(2,3)7-4-6;6-3-1-2-4-5-3/h4H,1-3H3;1-2H,(H2,4,5,6). The number of hydrogen-bond acceptors (Lipinski definition) is 3. The molecule has 0 aliphatic heterocycles. The number of carbonyl (C=O) groups is 1. The Morgan fingerprint density at radius 1 is 1.46 bits per heavy atom. The predicted octanol–water partition coefficient (Wildman–Crippen LogP) is 0.661. The zero-order chi connectivity index (χ0) is 10.3. The van der Waals surface area contributed by atoms with Crippen molar-refractivity contribution >= 4 is 6.47 Å². The van der Waals surface area contributed by atoms with Gasteiger partial charge in [-0.1, -0.05) is 0 Å². The third-order valence-electron chi connectivity index (χ3n) is 0.915. The highest BCUT2D eigenvalue weighted by Gasteiger charge is 2.07. The van der Waals surface area contributed by atoms with E-state index in [4.69, 9.17) is 0 Å². The molecule has 1 aromatic rings. The van der Waals surface area contributed by atoms with E-state index in [0.717, 1.165) is 0 Å². The lowest BCUT2D eigenvalue weighted by Gasteiger charge is -2.14. The summed E-state index contributed by atoms with van der Waals surface area (Å²) < 4.78 is 4.55. The van der Waals surface area contributed by atoms with Gasteiger partial charge in [0.25, 0.3) is 12.0 Å². The number of ether oxygens (including phenoxy) is 1. The summed E-state index contributed by atoms with van der Waals surface area (Å²) in [4.78, 5) is 19.6. The SMILES string of the molecule is CC(C)(C)OC=O.O=c1cc[nH][nH]1. The van der Waals surface area contributed by atoms with Crippen molar-refractivity contribution in [3.05, 3.63) is 22.6 Å². The summed E-state index contributed by atoms with van der Waals surface area (Å²) in [7, 11) is 0. The van der Waals surface area contributed by atoms with Gasteiger partial charge in [0, 0.05) is 12.3 Å². The van der Waals surface area contributed by atoms with E-state index in [0.29, 0.717) is 6.47 Å². The van der Waals surface area contributed by atoms with E-state index in [-0.39, 0.29) is 11.2 Å². The first-order valence-electron chi connectivity index (χ1n) is 3.79. The lowest BCUT2D eigenvalue weighted by molar-refractivity contribution is -0.138. The molecular weight excluding hydrogens is 172 g/mol. The Morgan fingerprint density at radius 2 is 2.08 bits per heavy atom. The summed E-state index contributed by atoms with van der Waals surface area (Å²) in [5, 5.41) is 4.81. The fourth-order valence-electron chi connectivity index (χ4n) is 0.416. The van der Waals surface area contributed by atoms with Gasteiger partial charge in [0.2, 0.25) is 0 Å². The molecule has 0 atom stereocenters. The van der Waals surface area contributed by atoms with Crippen LogP contribution >= 0.6 is 0 Å². The molecule has 0 aromatic carbocycles. The van der Waals surface area contributed by atoms with Crippen molar-refractivity contribution in [2.75, 3.05) is 0 Å². The molecule has 0 radical (unpaired) electrons. The molecule has 2 N–H and O–H groups in total. The molecule has 1 aromatic heterocycles. The maximum Gasteiger partial charge on any atom is 0.293 e. The highest BCUT2D eigenvalue weighted by molar-refractivity contribution is 5.37. The molecule has 0 saturated heterocycles. The summed E-state index contributed by atoms with van der Waals surface area (Å²) in [6.45, 7) is 5.92. The summed E-state index contributed by atoms with van der Waals surface area (Å²) in [5.41, 5.74) is -0.406. The number of rotatable bonds is 1. The monoisotopic (exact) mass is 186 g/mol. The van der Waals surface area contributed by atoms with Crippen molar-refractivity contribution in [2.45, 2.75) is 26.4 Å². The zero-order valence-electron chi connectivity index (χ0n) is 7.96. The van der Waals surface area contributed by atoms with E-state index in [2.05, 4.69) is 14.9 Å². The normalized spacial score (nSPS) is 9.77. The molecule has 0 saturated carbocycles. The quantitative estimate of drug-likeness (QED) is 0.632. The van der Waals surface area contributed by atoms with Crippen LogP contribution in [0.15, 0.2) is 17.1 Å². The topological polar surface area (TPSA) is 75.0 Å². The fourth-order valence-corrected chi connectivity index (χ4v) is 0.416. The molecule has 0 unspecified atom stereocenters. The van der Waals surface area contributed by atoms with E-state index < -0.39 is 0 Å². The third-order valence-corrected chi connectivity index (χ3v) is 0.915. The number of aromatic nitrogens is 2. The average Bonchev–Trinajstić information content (AvgIpc) is 2.38. The van der Waals surface area contributed by atoms with Crippen molar-refractivity contribution in [1.82, 2.24) is 10.2 Å². The molecular formula is C8H14N2O3. The summed E-state index contributed by atoms with van der Waals surface area (Å²) in [6.07, 6.45) is 1.54. The van der Waals surface area contributed by atoms with Crippen LogP contribution in [0.1, 0.15) is 20.8 Å². The Bertz CT molecular complexity index is 265. The molecule has 0 fully saturated rings. The van der Waals surface area contributed by atoms with Gasteiger partial charge in [0.1, 0.15) is 5.60 Å². The largest absolute Gasteiger partial charge is 0.462 e. The highest BCUT2D eigenvalue weighted by atomic mass is 16.5. The maximum absolute atomic E-state index is 9.98. The van der Waals surface area contributed by atoms with Gasteiger partial charge < -0.3 is 9.84 Å². The Morgan fingerprint density at radius 3 is 2.15 bits per heavy atom. The molecule has 0 aliphatic carbocycles. The Labute approximate surface area is 76.1 Å². The smallest absolute Gasteiger partial charge is 0.293 e. The molecule has 74 valence electrons. The lowest BCUT2D eigenvalue weighted by atomic mass is 10.2. The van der Waals surface area contributed by atoms with Gasteiger partial charge in [0.15, 0.2) is 0 Å². The van der Waals surface area contributed by atoms with E-state index in [1.807, 2.05) is 20.8 Å². The summed E-state index contributed by atoms with van der Waals surface area (Å²) in [6, 6.07) is 1.42. The first-order chi connectivity index (χ1) is 5.95. The van der Waals surface area contributed by atoms with Crippen LogP contribution in [0, 0.1) is 0 Å². The van der Waals surface area contributed by atoms with E-state index in [9.17, 15) is 9.59 Å². The van der Waals surface area contributed by atoms with Crippen molar-refractivity contribution in [3.63, 3.8) is 0 Å². The molecule has 5 nitrogen and oxygen atoms in total. The van der Waals surface area contributed by atoms with Gasteiger partial charge in [-0.2, -0.15) is 0 Å². The molecule has 0 bridgehead atoms. The van der Waals surface area contributed by atoms with Crippen LogP contribution in [0.2, 0.25) is 0 Å². The first-order valence-corrected chi connectivity index (χ1v) is 3.79. The van der Waals surface area contributed by atoms with Gasteiger partial charge in [-0.3, -0.25) is 14.7 Å². The van der Waals surface area contributed by atoms with Gasteiger partial charge >= 0.3 is 0 Å². The van der Waals surface area contributed by atoms with Crippen molar-refractivity contribution < 1.29 is 9.53 Å². The second kappa shape index (κ2) is 5.18. The number of hydrogen-bond donors (Lipinski definition) is 2. The second-order valence-corrected chi connectivity index (χ2v) is 3.29. The minimum Gasteiger partial charge on any atom is -0.462 e. The van der Waals surface area contributed by atoms with E-state index in [1.165, 1.54) is 6.07 Å². The number of carbonyl (C=O) groups excluding carboxylic acids is 1. The third kappa shape index (κ3) is 8.39. The molecule has 13 heavy (non-hydrogen) atoms. The Kier molecular flexibility index (Phi) is 4.58. The summed E-state index contributed by atoms with van der Waals surface area (Å²) in [5.74, 6) is 0. The van der Waals surface area contributed by atoms with Crippen molar-refractivity contribution in [1.29, 1.82) is 0 Å². The van der Waals surface area contributed by atoms with Crippen LogP contribution in [0.5, 0.6) is 0 Å². The van der Waals surface area contributed by atoms with Crippen LogP contribution in [0.3, 0.4) is 0 Å². The number of nitrogens with one attached hydrogen (secondary N) is 2. The fraction of sp³-hybridized carbons (Fsp3) is 0.500. The Hall–Kier alpha value is -1.52. The average molecular weight is 186 g/mol. The highest BCUT2D eigenvalue weighted by Crippen LogP contribution is 2.02. The maximum atomic E-state index is 9.98. The molecule has 1 rings (SSSR count). The predicted molar refractivity (Wildman–Crippen MR) is 48.3 cm³/mol. The molecule has 0 amide bonds. The number of aromatic amines is 2. The minimum atomic E-state index is -0.318. The molecule has 5 heteroatoms. The van der Waals surface area contributed by atoms with Crippen molar-refractivity contribution in [3.8, 4) is 0 Å². The van der Waals surface area contributed by atoms with Crippen LogP contribution in [0.25, 0.3) is 0 Å². The van der Waals surface area contributed by atoms with E-state index in [1.54, 1.807) is 6.20 Å². The lowest BCUT2D eigenvalue weighted by Crippen LogP contribution is -2.17. The van der Waals surface area contributed by atoms with E-state index >= 15 is 0 Å². The molecule has 1 heterocycles.